The van der Waals surface area contributed by atoms with Crippen LogP contribution in [0.4, 0.5) is 17.3 Å². The summed E-state index contributed by atoms with van der Waals surface area (Å²) in [7, 11) is 2.95. The first-order valence-electron chi connectivity index (χ1n) is 6.33. The van der Waals surface area contributed by atoms with Crippen LogP contribution in [0.1, 0.15) is 0 Å². The summed E-state index contributed by atoms with van der Waals surface area (Å²) in [6.45, 7) is 0. The van der Waals surface area contributed by atoms with E-state index in [1.165, 1.54) is 30.0 Å². The number of thiazole rings is 1. The number of rotatable bonds is 5. The molecule has 10 heteroatoms. The van der Waals surface area contributed by atoms with Crippen LogP contribution in [0.25, 0.3) is 4.96 Å². The molecule has 0 unspecified atom stereocenters. The molecule has 0 aliphatic rings. The van der Waals surface area contributed by atoms with E-state index in [4.69, 9.17) is 21.1 Å². The van der Waals surface area contributed by atoms with Crippen LogP contribution in [0.2, 0.25) is 5.02 Å². The van der Waals surface area contributed by atoms with Gasteiger partial charge in [-0.2, -0.15) is 9.38 Å². The van der Waals surface area contributed by atoms with Crippen molar-refractivity contribution in [3.63, 3.8) is 0 Å². The highest BCUT2D eigenvalue weighted by Gasteiger charge is 2.25. The lowest BCUT2D eigenvalue weighted by molar-refractivity contribution is -0.389. The zero-order chi connectivity index (χ0) is 16.6. The Morgan fingerprint density at radius 1 is 1.35 bits per heavy atom. The number of aromatic nitrogens is 2. The monoisotopic (exact) mass is 354 g/mol. The van der Waals surface area contributed by atoms with E-state index in [0.717, 1.165) is 0 Å². The average molecular weight is 355 g/mol. The Labute approximate surface area is 139 Å². The molecule has 0 aliphatic heterocycles. The quantitative estimate of drug-likeness (QED) is 0.554. The molecule has 3 rings (SSSR count). The van der Waals surface area contributed by atoms with Gasteiger partial charge in [0.25, 0.3) is 4.96 Å². The van der Waals surface area contributed by atoms with Gasteiger partial charge in [0.15, 0.2) is 0 Å². The highest BCUT2D eigenvalue weighted by atomic mass is 35.5. The van der Waals surface area contributed by atoms with Crippen LogP contribution in [-0.2, 0) is 0 Å². The maximum Gasteiger partial charge on any atom is 0.373 e. The number of imidazole rings is 1. The standard InChI is InChI=1S/C13H11ClN4O4S/c1-21-9-6-8(10(22-2)5-7(9)14)15-11-12(18(19)20)17-3-4-23-13(17)16-11/h3-6,15H,1-2H3. The summed E-state index contributed by atoms with van der Waals surface area (Å²) in [5, 5.41) is 16.4. The average Bonchev–Trinajstić information content (AvgIpc) is 3.08. The molecular formula is C13H11ClN4O4S. The molecule has 2 heterocycles. The second-order valence-electron chi connectivity index (χ2n) is 4.41. The van der Waals surface area contributed by atoms with Gasteiger partial charge in [-0.1, -0.05) is 22.9 Å². The van der Waals surface area contributed by atoms with Crippen LogP contribution in [0.3, 0.4) is 0 Å². The Hall–Kier alpha value is -2.52. The molecule has 1 N–H and O–H groups in total. The van der Waals surface area contributed by atoms with Crippen molar-refractivity contribution in [3.8, 4) is 11.5 Å². The third kappa shape index (κ3) is 2.64. The molecule has 0 saturated heterocycles. The SMILES string of the molecule is COc1cc(Nc2nc3sccn3c2[N+](=O)[O-])c(OC)cc1Cl. The zero-order valence-electron chi connectivity index (χ0n) is 12.1. The van der Waals surface area contributed by atoms with Crippen LogP contribution >= 0.6 is 22.9 Å². The second kappa shape index (κ2) is 5.94. The molecule has 23 heavy (non-hydrogen) atoms. The molecule has 0 radical (unpaired) electrons. The first kappa shape index (κ1) is 15.4. The Kier molecular flexibility index (Phi) is 3.97. The second-order valence-corrected chi connectivity index (χ2v) is 5.69. The minimum Gasteiger partial charge on any atom is -0.495 e. The van der Waals surface area contributed by atoms with Gasteiger partial charge in [0.1, 0.15) is 17.7 Å². The molecule has 0 atom stereocenters. The van der Waals surface area contributed by atoms with E-state index in [-0.39, 0.29) is 11.6 Å². The lowest BCUT2D eigenvalue weighted by Gasteiger charge is -2.12. The Morgan fingerprint density at radius 3 is 2.74 bits per heavy atom. The number of nitrogens with zero attached hydrogens (tertiary/aromatic N) is 3. The first-order valence-corrected chi connectivity index (χ1v) is 7.59. The van der Waals surface area contributed by atoms with Crippen LogP contribution in [0.15, 0.2) is 23.7 Å². The molecule has 0 amide bonds. The number of hydrogen-bond acceptors (Lipinski definition) is 7. The number of fused-ring (bicyclic) bond motifs is 1. The summed E-state index contributed by atoms with van der Waals surface area (Å²) >= 11 is 7.35. The van der Waals surface area contributed by atoms with E-state index in [2.05, 4.69) is 10.3 Å². The van der Waals surface area contributed by atoms with Crippen molar-refractivity contribution in [2.24, 2.45) is 0 Å². The highest BCUT2D eigenvalue weighted by Crippen LogP contribution is 2.39. The third-order valence-corrected chi connectivity index (χ3v) is 4.19. The summed E-state index contributed by atoms with van der Waals surface area (Å²) in [5.41, 5.74) is 0.461. The number of nitro groups is 1. The lowest BCUT2D eigenvalue weighted by Crippen LogP contribution is -2.00. The summed E-state index contributed by atoms with van der Waals surface area (Å²) in [6, 6.07) is 3.16. The molecule has 2 aromatic heterocycles. The van der Waals surface area contributed by atoms with Gasteiger partial charge in [-0.3, -0.25) is 0 Å². The molecule has 0 saturated carbocycles. The molecule has 120 valence electrons. The van der Waals surface area contributed by atoms with Crippen molar-refractivity contribution >= 4 is 45.2 Å². The number of benzene rings is 1. The largest absolute Gasteiger partial charge is 0.495 e. The van der Waals surface area contributed by atoms with Gasteiger partial charge >= 0.3 is 5.82 Å². The van der Waals surface area contributed by atoms with Crippen LogP contribution in [0, 0.1) is 10.1 Å². The van der Waals surface area contributed by atoms with E-state index < -0.39 is 4.92 Å². The van der Waals surface area contributed by atoms with E-state index in [9.17, 15) is 10.1 Å². The van der Waals surface area contributed by atoms with Crippen molar-refractivity contribution in [2.45, 2.75) is 0 Å². The molecule has 0 spiro atoms. The van der Waals surface area contributed by atoms with Crippen LogP contribution < -0.4 is 14.8 Å². The van der Waals surface area contributed by atoms with Gasteiger partial charge in [-0.15, -0.1) is 0 Å². The number of hydrogen-bond donors (Lipinski definition) is 1. The Balaban J connectivity index is 2.10. The van der Waals surface area contributed by atoms with Gasteiger partial charge in [0, 0.05) is 17.5 Å². The van der Waals surface area contributed by atoms with Gasteiger partial charge in [-0.25, -0.2) is 0 Å². The topological polar surface area (TPSA) is 90.9 Å². The third-order valence-electron chi connectivity index (χ3n) is 3.14. The Morgan fingerprint density at radius 2 is 2.09 bits per heavy atom. The van der Waals surface area contributed by atoms with Crippen molar-refractivity contribution in [1.29, 1.82) is 0 Å². The lowest BCUT2D eigenvalue weighted by atomic mass is 10.2. The summed E-state index contributed by atoms with van der Waals surface area (Å²) < 4.78 is 11.8. The van der Waals surface area contributed by atoms with E-state index in [1.807, 2.05) is 0 Å². The fourth-order valence-corrected chi connectivity index (χ4v) is 3.06. The summed E-state index contributed by atoms with van der Waals surface area (Å²) in [6.07, 6.45) is 1.59. The van der Waals surface area contributed by atoms with E-state index >= 15 is 0 Å². The number of methoxy groups -OCH3 is 2. The van der Waals surface area contributed by atoms with Gasteiger partial charge in [-0.05, 0) is 4.92 Å². The number of ether oxygens (including phenoxy) is 2. The van der Waals surface area contributed by atoms with Crippen molar-refractivity contribution in [3.05, 3.63) is 38.8 Å². The van der Waals surface area contributed by atoms with Gasteiger partial charge in [0.2, 0.25) is 5.82 Å². The summed E-state index contributed by atoms with van der Waals surface area (Å²) in [4.78, 5) is 15.6. The van der Waals surface area contributed by atoms with E-state index in [0.29, 0.717) is 27.2 Å². The molecule has 0 fully saturated rings. The maximum atomic E-state index is 11.3. The van der Waals surface area contributed by atoms with Gasteiger partial charge in [0.05, 0.1) is 24.9 Å². The number of anilines is 2. The maximum absolute atomic E-state index is 11.3. The fourth-order valence-electron chi connectivity index (χ4n) is 2.12. The molecule has 1 aromatic carbocycles. The molecular weight excluding hydrogens is 344 g/mol. The molecule has 8 nitrogen and oxygen atoms in total. The zero-order valence-corrected chi connectivity index (χ0v) is 13.6. The minimum absolute atomic E-state index is 0.115. The van der Waals surface area contributed by atoms with Crippen LogP contribution in [0.5, 0.6) is 11.5 Å². The predicted octanol–water partition coefficient (Wildman–Crippen LogP) is 3.72. The highest BCUT2D eigenvalue weighted by molar-refractivity contribution is 7.15. The van der Waals surface area contributed by atoms with Crippen molar-refractivity contribution in [2.75, 3.05) is 19.5 Å². The fraction of sp³-hybridized carbons (Fsp3) is 0.154. The smallest absolute Gasteiger partial charge is 0.373 e. The normalized spacial score (nSPS) is 10.7. The molecule has 3 aromatic rings. The Bertz CT molecular complexity index is 892. The van der Waals surface area contributed by atoms with Gasteiger partial charge < -0.3 is 24.9 Å². The minimum atomic E-state index is -0.491. The number of nitrogens with one attached hydrogen (secondary N) is 1. The molecule has 0 bridgehead atoms. The van der Waals surface area contributed by atoms with Crippen molar-refractivity contribution in [1.82, 2.24) is 9.38 Å². The first-order chi connectivity index (χ1) is 11.0. The summed E-state index contributed by atoms with van der Waals surface area (Å²) in [5.74, 6) is 0.793. The van der Waals surface area contributed by atoms with Crippen LogP contribution in [-0.4, -0.2) is 28.5 Å². The number of halogens is 1. The molecule has 0 aliphatic carbocycles. The predicted molar refractivity (Wildman–Crippen MR) is 87.6 cm³/mol. The van der Waals surface area contributed by atoms with Crippen molar-refractivity contribution < 1.29 is 14.4 Å². The van der Waals surface area contributed by atoms with E-state index in [1.54, 1.807) is 23.7 Å².